The van der Waals surface area contributed by atoms with E-state index in [1.54, 1.807) is 0 Å². The van der Waals surface area contributed by atoms with E-state index in [0.717, 1.165) is 25.1 Å². The van der Waals surface area contributed by atoms with Gasteiger partial charge in [-0.1, -0.05) is 12.1 Å². The second kappa shape index (κ2) is 3.05. The molecule has 0 amide bonds. The number of piperidine rings is 1. The van der Waals surface area contributed by atoms with Gasteiger partial charge < -0.3 is 5.21 Å². The van der Waals surface area contributed by atoms with Crippen LogP contribution in [0.15, 0.2) is 5.16 Å². The third-order valence-corrected chi connectivity index (χ3v) is 3.22. The zero-order valence-corrected chi connectivity index (χ0v) is 7.53. The third kappa shape index (κ3) is 1.12. The Morgan fingerprint density at radius 2 is 2.00 bits per heavy atom. The maximum Gasteiger partial charge on any atom is 0.0601 e. The Kier molecular flexibility index (Phi) is 2.05. The van der Waals surface area contributed by atoms with Crippen molar-refractivity contribution in [1.29, 1.82) is 0 Å². The van der Waals surface area contributed by atoms with Gasteiger partial charge in [0.2, 0.25) is 0 Å². The van der Waals surface area contributed by atoms with Crippen molar-refractivity contribution < 1.29 is 5.21 Å². The summed E-state index contributed by atoms with van der Waals surface area (Å²) in [6, 6.07) is 1.33. The van der Waals surface area contributed by atoms with Crippen LogP contribution in [0.3, 0.4) is 0 Å². The van der Waals surface area contributed by atoms with E-state index in [2.05, 4.69) is 17.0 Å². The standard InChI is InChI=1S/C9H16N2O/c1-2-11-8-3-4-9(11)6-7(5-8)10-12/h8-9,12H,2-6H2,1H3. The number of rotatable bonds is 1. The van der Waals surface area contributed by atoms with Gasteiger partial charge in [-0.05, 0) is 19.4 Å². The molecule has 0 radical (unpaired) electrons. The van der Waals surface area contributed by atoms with Gasteiger partial charge in [0.15, 0.2) is 0 Å². The molecule has 2 unspecified atom stereocenters. The lowest BCUT2D eigenvalue weighted by atomic mass is 10.0. The van der Waals surface area contributed by atoms with Crippen molar-refractivity contribution in [2.75, 3.05) is 6.54 Å². The first-order chi connectivity index (χ1) is 5.85. The largest absolute Gasteiger partial charge is 0.411 e. The highest BCUT2D eigenvalue weighted by atomic mass is 16.4. The predicted octanol–water partition coefficient (Wildman–Crippen LogP) is 1.46. The van der Waals surface area contributed by atoms with Crippen molar-refractivity contribution in [1.82, 2.24) is 4.90 Å². The summed E-state index contributed by atoms with van der Waals surface area (Å²) >= 11 is 0. The zero-order chi connectivity index (χ0) is 8.55. The Morgan fingerprint density at radius 3 is 2.42 bits per heavy atom. The molecule has 68 valence electrons. The van der Waals surface area contributed by atoms with Crippen LogP contribution in [0.1, 0.15) is 32.6 Å². The molecule has 0 aromatic heterocycles. The third-order valence-electron chi connectivity index (χ3n) is 3.22. The summed E-state index contributed by atoms with van der Waals surface area (Å²) < 4.78 is 0. The summed E-state index contributed by atoms with van der Waals surface area (Å²) in [4.78, 5) is 2.55. The fourth-order valence-corrected chi connectivity index (χ4v) is 2.68. The summed E-state index contributed by atoms with van der Waals surface area (Å²) in [6.45, 7) is 3.36. The van der Waals surface area contributed by atoms with Crippen molar-refractivity contribution in [3.63, 3.8) is 0 Å². The molecule has 1 N–H and O–H groups in total. The van der Waals surface area contributed by atoms with Gasteiger partial charge in [-0.3, -0.25) is 4.90 Å². The van der Waals surface area contributed by atoms with Gasteiger partial charge >= 0.3 is 0 Å². The van der Waals surface area contributed by atoms with Crippen LogP contribution in [0.25, 0.3) is 0 Å². The van der Waals surface area contributed by atoms with E-state index in [1.165, 1.54) is 12.8 Å². The van der Waals surface area contributed by atoms with Crippen LogP contribution in [0.5, 0.6) is 0 Å². The number of fused-ring (bicyclic) bond motifs is 2. The average molecular weight is 168 g/mol. The van der Waals surface area contributed by atoms with Gasteiger partial charge in [-0.25, -0.2) is 0 Å². The number of nitrogens with zero attached hydrogens (tertiary/aromatic N) is 2. The fourth-order valence-electron chi connectivity index (χ4n) is 2.68. The lowest BCUT2D eigenvalue weighted by Crippen LogP contribution is -2.42. The quantitative estimate of drug-likeness (QED) is 0.475. The van der Waals surface area contributed by atoms with E-state index in [1.807, 2.05) is 0 Å². The maximum absolute atomic E-state index is 8.68. The molecule has 0 spiro atoms. The van der Waals surface area contributed by atoms with Crippen molar-refractivity contribution in [3.8, 4) is 0 Å². The Bertz CT molecular complexity index is 187. The van der Waals surface area contributed by atoms with E-state index >= 15 is 0 Å². The SMILES string of the molecule is CCN1C2CCC1CC(=NO)C2. The summed E-state index contributed by atoms with van der Waals surface area (Å²) in [6.07, 6.45) is 4.55. The molecule has 2 saturated heterocycles. The van der Waals surface area contributed by atoms with Gasteiger partial charge in [0, 0.05) is 24.9 Å². The molecule has 2 aliphatic rings. The van der Waals surface area contributed by atoms with Crippen LogP contribution in [-0.2, 0) is 0 Å². The highest BCUT2D eigenvalue weighted by Crippen LogP contribution is 2.33. The molecule has 0 aliphatic carbocycles. The van der Waals surface area contributed by atoms with Crippen molar-refractivity contribution in [2.45, 2.75) is 44.7 Å². The predicted molar refractivity (Wildman–Crippen MR) is 47.6 cm³/mol. The van der Waals surface area contributed by atoms with Crippen LogP contribution < -0.4 is 0 Å². The molecular formula is C9H16N2O. The van der Waals surface area contributed by atoms with Gasteiger partial charge in [0.25, 0.3) is 0 Å². The smallest absolute Gasteiger partial charge is 0.0601 e. The fraction of sp³-hybridized carbons (Fsp3) is 0.889. The minimum atomic E-state index is 0.666. The molecule has 2 heterocycles. The molecule has 2 aliphatic heterocycles. The number of hydrogen-bond acceptors (Lipinski definition) is 3. The second-order valence-electron chi connectivity index (χ2n) is 3.79. The van der Waals surface area contributed by atoms with Crippen molar-refractivity contribution >= 4 is 5.71 Å². The molecule has 2 atom stereocenters. The average Bonchev–Trinajstić information content (AvgIpc) is 2.35. The summed E-state index contributed by atoms with van der Waals surface area (Å²) in [5, 5.41) is 12.0. The Labute approximate surface area is 73.1 Å². The highest BCUT2D eigenvalue weighted by Gasteiger charge is 2.38. The summed E-state index contributed by atoms with van der Waals surface area (Å²) in [5.41, 5.74) is 1.01. The van der Waals surface area contributed by atoms with E-state index in [-0.39, 0.29) is 0 Å². The summed E-state index contributed by atoms with van der Waals surface area (Å²) in [5.74, 6) is 0. The van der Waals surface area contributed by atoms with Crippen LogP contribution in [0, 0.1) is 0 Å². The van der Waals surface area contributed by atoms with Gasteiger partial charge in [-0.2, -0.15) is 0 Å². The van der Waals surface area contributed by atoms with E-state index in [0.29, 0.717) is 12.1 Å². The Morgan fingerprint density at radius 1 is 1.42 bits per heavy atom. The molecule has 2 fully saturated rings. The normalized spacial score (nSPS) is 35.6. The molecule has 0 aromatic rings. The van der Waals surface area contributed by atoms with E-state index in [4.69, 9.17) is 5.21 Å². The van der Waals surface area contributed by atoms with E-state index in [9.17, 15) is 0 Å². The van der Waals surface area contributed by atoms with Gasteiger partial charge in [0.05, 0.1) is 5.71 Å². The van der Waals surface area contributed by atoms with Crippen LogP contribution in [0.4, 0.5) is 0 Å². The molecule has 3 heteroatoms. The second-order valence-corrected chi connectivity index (χ2v) is 3.79. The molecule has 0 aromatic carbocycles. The minimum Gasteiger partial charge on any atom is -0.411 e. The lowest BCUT2D eigenvalue weighted by molar-refractivity contribution is 0.189. The van der Waals surface area contributed by atoms with Gasteiger partial charge in [-0.15, -0.1) is 0 Å². The summed E-state index contributed by atoms with van der Waals surface area (Å²) in [7, 11) is 0. The van der Waals surface area contributed by atoms with Crippen LogP contribution in [0.2, 0.25) is 0 Å². The first-order valence-electron chi connectivity index (χ1n) is 4.80. The monoisotopic (exact) mass is 168 g/mol. The first-order valence-corrected chi connectivity index (χ1v) is 4.80. The van der Waals surface area contributed by atoms with Crippen molar-refractivity contribution in [2.24, 2.45) is 5.16 Å². The maximum atomic E-state index is 8.68. The molecule has 2 bridgehead atoms. The number of hydrogen-bond donors (Lipinski definition) is 1. The highest BCUT2D eigenvalue weighted by molar-refractivity contribution is 5.86. The number of oxime groups is 1. The molecule has 3 nitrogen and oxygen atoms in total. The van der Waals surface area contributed by atoms with Crippen LogP contribution in [-0.4, -0.2) is 34.4 Å². The van der Waals surface area contributed by atoms with Crippen molar-refractivity contribution in [3.05, 3.63) is 0 Å². The lowest BCUT2D eigenvalue weighted by Gasteiger charge is -2.33. The molecule has 12 heavy (non-hydrogen) atoms. The molecular weight excluding hydrogens is 152 g/mol. The van der Waals surface area contributed by atoms with E-state index < -0.39 is 0 Å². The zero-order valence-electron chi connectivity index (χ0n) is 7.53. The van der Waals surface area contributed by atoms with Gasteiger partial charge in [0.1, 0.15) is 0 Å². The topological polar surface area (TPSA) is 35.8 Å². The Balaban J connectivity index is 2.11. The molecule has 2 rings (SSSR count). The minimum absolute atomic E-state index is 0.666. The Hall–Kier alpha value is -0.570. The molecule has 0 saturated carbocycles. The van der Waals surface area contributed by atoms with Crippen LogP contribution >= 0.6 is 0 Å². The first kappa shape index (κ1) is 8.05.